The van der Waals surface area contributed by atoms with Gasteiger partial charge >= 0.3 is 0 Å². The number of nitrogens with two attached hydrogens (primary N) is 1. The van der Waals surface area contributed by atoms with Crippen LogP contribution in [0, 0.1) is 0 Å². The molecule has 0 spiro atoms. The number of nitrogens with zero attached hydrogens (tertiary/aromatic N) is 1. The van der Waals surface area contributed by atoms with Crippen molar-refractivity contribution in [2.75, 3.05) is 6.61 Å². The van der Waals surface area contributed by atoms with Crippen molar-refractivity contribution in [3.63, 3.8) is 0 Å². The van der Waals surface area contributed by atoms with E-state index in [-0.39, 0.29) is 18.8 Å². The Morgan fingerprint density at radius 1 is 1.04 bits per heavy atom. The molecule has 0 heterocycles. The van der Waals surface area contributed by atoms with E-state index in [1.807, 2.05) is 0 Å². The molecule has 0 aliphatic carbocycles. The molecule has 6 heteroatoms. The molecule has 0 unspecified atom stereocenters. The van der Waals surface area contributed by atoms with E-state index >= 15 is 0 Å². The maximum atomic E-state index is 12.4. The monoisotopic (exact) mass is 326 g/mol. The van der Waals surface area contributed by atoms with Crippen molar-refractivity contribution in [2.24, 2.45) is 10.7 Å². The summed E-state index contributed by atoms with van der Waals surface area (Å²) in [4.78, 5) is 26.8. The number of rotatable bonds is 7. The number of ketones is 1. The van der Waals surface area contributed by atoms with Crippen LogP contribution in [0.4, 0.5) is 5.69 Å². The van der Waals surface area contributed by atoms with Crippen molar-refractivity contribution in [1.29, 1.82) is 0 Å². The molecule has 2 N–H and O–H groups in total. The van der Waals surface area contributed by atoms with Crippen LogP contribution < -0.4 is 10.5 Å². The smallest absolute Gasteiger partial charge is 0.220 e. The number of aliphatic imine (C=N–C) groups is 1. The lowest BCUT2D eigenvalue weighted by atomic mass is 10.0. The summed E-state index contributed by atoms with van der Waals surface area (Å²) in [7, 11) is 0. The Balaban J connectivity index is 2.04. The summed E-state index contributed by atoms with van der Waals surface area (Å²) in [6, 6.07) is 13.5. The lowest BCUT2D eigenvalue weighted by molar-refractivity contribution is -0.118. The van der Waals surface area contributed by atoms with E-state index in [1.165, 1.54) is 0 Å². The average molecular weight is 326 g/mol. The quantitative estimate of drug-likeness (QED) is 0.482. The van der Waals surface area contributed by atoms with E-state index in [0.717, 1.165) is 0 Å². The lowest BCUT2D eigenvalue weighted by Crippen LogP contribution is -2.14. The molecule has 0 fully saturated rings. The first-order valence-corrected chi connectivity index (χ1v) is 7.25. The Hall–Kier alpha value is -2.82. The molecule has 0 aromatic heterocycles. The highest BCUT2D eigenvalue weighted by Gasteiger charge is 2.09. The molecule has 0 saturated carbocycles. The largest absolute Gasteiger partial charge is 0.493 e. The molecule has 0 aliphatic heterocycles. The van der Waals surface area contributed by atoms with Gasteiger partial charge in [-0.2, -0.15) is 4.99 Å². The number of benzene rings is 2. The van der Waals surface area contributed by atoms with E-state index in [2.05, 4.69) is 22.4 Å². The van der Waals surface area contributed by atoms with Gasteiger partial charge in [-0.25, -0.2) is 0 Å². The molecule has 116 valence electrons. The highest BCUT2D eigenvalue weighted by Crippen LogP contribution is 2.18. The molecule has 0 bridgehead atoms. The highest BCUT2D eigenvalue weighted by atomic mass is 32.1. The zero-order chi connectivity index (χ0) is 16.7. The predicted molar refractivity (Wildman–Crippen MR) is 90.3 cm³/mol. The second-order valence-electron chi connectivity index (χ2n) is 4.67. The van der Waals surface area contributed by atoms with Gasteiger partial charge < -0.3 is 10.5 Å². The van der Waals surface area contributed by atoms with Crippen molar-refractivity contribution in [2.45, 2.75) is 6.42 Å². The molecule has 1 amide bonds. The number of isothiocyanates is 1. The molecule has 2 rings (SSSR count). The summed E-state index contributed by atoms with van der Waals surface area (Å²) in [6.07, 6.45) is 0.150. The summed E-state index contributed by atoms with van der Waals surface area (Å²) in [5.74, 6) is 0.0539. The van der Waals surface area contributed by atoms with Crippen molar-refractivity contribution in [1.82, 2.24) is 0 Å². The normalized spacial score (nSPS) is 9.74. The van der Waals surface area contributed by atoms with Gasteiger partial charge in [-0.1, -0.05) is 0 Å². The third-order valence-electron chi connectivity index (χ3n) is 3.04. The van der Waals surface area contributed by atoms with Gasteiger partial charge in [-0.05, 0) is 60.7 Å². The number of carbonyl (C=O) groups excluding carboxylic acids is 2. The minimum atomic E-state index is -0.418. The van der Waals surface area contributed by atoms with Crippen LogP contribution in [0.5, 0.6) is 5.75 Å². The molecule has 0 radical (unpaired) electrons. The van der Waals surface area contributed by atoms with Crippen LogP contribution in [-0.2, 0) is 4.79 Å². The van der Waals surface area contributed by atoms with E-state index in [4.69, 9.17) is 10.5 Å². The number of primary amides is 1. The summed E-state index contributed by atoms with van der Waals surface area (Å²) in [6.45, 7) is 0.213. The van der Waals surface area contributed by atoms with Gasteiger partial charge in [0.1, 0.15) is 5.75 Å². The highest BCUT2D eigenvalue weighted by molar-refractivity contribution is 7.78. The Kier molecular flexibility index (Phi) is 5.74. The van der Waals surface area contributed by atoms with Gasteiger partial charge in [0.2, 0.25) is 5.91 Å². The van der Waals surface area contributed by atoms with Crippen LogP contribution in [0.15, 0.2) is 53.5 Å². The molecule has 0 atom stereocenters. The maximum Gasteiger partial charge on any atom is 0.220 e. The maximum absolute atomic E-state index is 12.4. The van der Waals surface area contributed by atoms with Crippen molar-refractivity contribution in [3.05, 3.63) is 59.7 Å². The Morgan fingerprint density at radius 3 is 2.13 bits per heavy atom. The third-order valence-corrected chi connectivity index (χ3v) is 3.13. The zero-order valence-corrected chi connectivity index (χ0v) is 13.0. The van der Waals surface area contributed by atoms with Crippen molar-refractivity contribution < 1.29 is 14.3 Å². The Morgan fingerprint density at radius 2 is 1.61 bits per heavy atom. The van der Waals surface area contributed by atoms with E-state index < -0.39 is 5.91 Å². The summed E-state index contributed by atoms with van der Waals surface area (Å²) >= 11 is 4.53. The first-order valence-electron chi connectivity index (χ1n) is 6.84. The second-order valence-corrected chi connectivity index (χ2v) is 4.85. The summed E-state index contributed by atoms with van der Waals surface area (Å²) < 4.78 is 5.36. The van der Waals surface area contributed by atoms with Crippen molar-refractivity contribution >= 4 is 34.8 Å². The molecular formula is C17H14N2O3S. The van der Waals surface area contributed by atoms with Crippen molar-refractivity contribution in [3.8, 4) is 5.75 Å². The first-order chi connectivity index (χ1) is 11.1. The van der Waals surface area contributed by atoms with Crippen LogP contribution in [0.2, 0.25) is 0 Å². The number of hydrogen-bond acceptors (Lipinski definition) is 5. The summed E-state index contributed by atoms with van der Waals surface area (Å²) in [5, 5.41) is 2.27. The van der Waals surface area contributed by atoms with E-state index in [9.17, 15) is 9.59 Å². The minimum absolute atomic E-state index is 0.105. The molecule has 2 aromatic rings. The molecule has 0 aliphatic rings. The topological polar surface area (TPSA) is 81.8 Å². The van der Waals surface area contributed by atoms with Gasteiger partial charge in [-0.15, -0.1) is 0 Å². The number of hydrogen-bond donors (Lipinski definition) is 1. The molecule has 2 aromatic carbocycles. The summed E-state index contributed by atoms with van der Waals surface area (Å²) in [5.41, 5.74) is 6.77. The number of carbonyl (C=O) groups is 2. The molecule has 5 nitrogen and oxygen atoms in total. The van der Waals surface area contributed by atoms with Gasteiger partial charge in [0.15, 0.2) is 5.78 Å². The van der Waals surface area contributed by atoms with E-state index in [0.29, 0.717) is 22.6 Å². The van der Waals surface area contributed by atoms with Crippen LogP contribution in [0.3, 0.4) is 0 Å². The fourth-order valence-electron chi connectivity index (χ4n) is 1.88. The zero-order valence-electron chi connectivity index (χ0n) is 12.2. The number of amides is 1. The van der Waals surface area contributed by atoms with Crippen LogP contribution in [-0.4, -0.2) is 23.5 Å². The number of thiocarbonyl (C=S) groups is 1. The lowest BCUT2D eigenvalue weighted by Gasteiger charge is -2.06. The van der Waals surface area contributed by atoms with Gasteiger partial charge in [0.25, 0.3) is 0 Å². The van der Waals surface area contributed by atoms with Gasteiger partial charge in [0.05, 0.1) is 23.9 Å². The molecular weight excluding hydrogens is 312 g/mol. The first kappa shape index (κ1) is 16.5. The van der Waals surface area contributed by atoms with Crippen LogP contribution >= 0.6 is 12.2 Å². The van der Waals surface area contributed by atoms with E-state index in [1.54, 1.807) is 48.5 Å². The fraction of sp³-hybridized carbons (Fsp3) is 0.118. The Bertz CT molecular complexity index is 748. The predicted octanol–water partition coefficient (Wildman–Crippen LogP) is 2.91. The second kappa shape index (κ2) is 7.98. The average Bonchev–Trinajstić information content (AvgIpc) is 2.55. The Labute approximate surface area is 138 Å². The molecule has 0 saturated heterocycles. The SMILES string of the molecule is NC(=O)CCOc1ccc(C(=O)c2ccc(N=C=S)cc2)cc1. The molecule has 23 heavy (non-hydrogen) atoms. The van der Waals surface area contributed by atoms with Crippen LogP contribution in [0.1, 0.15) is 22.3 Å². The third kappa shape index (κ3) is 4.85. The van der Waals surface area contributed by atoms with Gasteiger partial charge in [-0.3, -0.25) is 9.59 Å². The fourth-order valence-corrected chi connectivity index (χ4v) is 1.98. The standard InChI is InChI=1S/C17H14N2O3S/c18-16(20)9-10-22-15-7-3-13(4-8-15)17(21)12-1-5-14(6-2-12)19-11-23/h1-8H,9-10H2,(H2,18,20). The van der Waals surface area contributed by atoms with Gasteiger partial charge in [0, 0.05) is 11.1 Å². The number of ether oxygens (including phenoxy) is 1. The minimum Gasteiger partial charge on any atom is -0.493 e. The van der Waals surface area contributed by atoms with Crippen LogP contribution in [0.25, 0.3) is 0 Å².